The van der Waals surface area contributed by atoms with Crippen molar-refractivity contribution in [2.24, 2.45) is 5.10 Å². The predicted molar refractivity (Wildman–Crippen MR) is 122 cm³/mol. The Hall–Kier alpha value is -3.39. The van der Waals surface area contributed by atoms with Crippen molar-refractivity contribution in [2.45, 2.75) is 37.6 Å². The summed E-state index contributed by atoms with van der Waals surface area (Å²) in [6, 6.07) is 17.8. The maximum absolute atomic E-state index is 13.1. The van der Waals surface area contributed by atoms with Crippen molar-refractivity contribution < 1.29 is 17.6 Å². The molecule has 2 aromatic carbocycles. The first kappa shape index (κ1) is 21.8. The molecule has 0 bridgehead atoms. The Morgan fingerprint density at radius 3 is 2.41 bits per heavy atom. The minimum Gasteiger partial charge on any atom is -0.455 e. The SMILES string of the molecule is Cc1c(C(=O)N(C)Cc2ccccc2)oc2c1/C(=N/NS(=O)(=O)c1ccccc1)CCC2. The van der Waals surface area contributed by atoms with Crippen LogP contribution in [0.3, 0.4) is 0 Å². The van der Waals surface area contributed by atoms with Gasteiger partial charge in [0.05, 0.1) is 10.6 Å². The van der Waals surface area contributed by atoms with Crippen LogP contribution in [0.1, 0.15) is 45.8 Å². The molecule has 1 heterocycles. The molecule has 32 heavy (non-hydrogen) atoms. The standard InChI is InChI=1S/C24H25N3O4S/c1-17-22-20(25-26-32(29,30)19-12-7-4-8-13-19)14-9-15-21(22)31-23(17)24(28)27(2)16-18-10-5-3-6-11-18/h3-8,10-13,26H,9,14-16H2,1-2H3/b25-20+. The number of fused-ring (bicyclic) bond motifs is 1. The number of carbonyl (C=O) groups is 1. The van der Waals surface area contributed by atoms with E-state index in [1.165, 1.54) is 12.1 Å². The zero-order valence-electron chi connectivity index (χ0n) is 18.0. The fourth-order valence-electron chi connectivity index (χ4n) is 3.85. The van der Waals surface area contributed by atoms with Gasteiger partial charge in [0, 0.05) is 31.1 Å². The molecule has 3 aromatic rings. The van der Waals surface area contributed by atoms with E-state index in [9.17, 15) is 13.2 Å². The third-order valence-electron chi connectivity index (χ3n) is 5.48. The summed E-state index contributed by atoms with van der Waals surface area (Å²) in [5, 5.41) is 4.21. The van der Waals surface area contributed by atoms with E-state index in [4.69, 9.17) is 4.42 Å². The second kappa shape index (κ2) is 9.00. The van der Waals surface area contributed by atoms with Crippen molar-refractivity contribution in [3.05, 3.63) is 88.9 Å². The lowest BCUT2D eigenvalue weighted by Crippen LogP contribution is -2.26. The number of sulfonamides is 1. The van der Waals surface area contributed by atoms with Crippen LogP contribution in [0, 0.1) is 6.92 Å². The molecule has 0 unspecified atom stereocenters. The molecule has 0 saturated heterocycles. The quantitative estimate of drug-likeness (QED) is 0.576. The molecule has 0 saturated carbocycles. The van der Waals surface area contributed by atoms with E-state index in [1.54, 1.807) is 30.1 Å². The summed E-state index contributed by atoms with van der Waals surface area (Å²) in [4.78, 5) is 17.2. The number of hydrogen-bond acceptors (Lipinski definition) is 5. The molecule has 1 aliphatic rings. The summed E-state index contributed by atoms with van der Waals surface area (Å²) in [7, 11) is -2.04. The van der Waals surface area contributed by atoms with Crippen molar-refractivity contribution in [1.29, 1.82) is 0 Å². The predicted octanol–water partition coefficient (Wildman–Crippen LogP) is 3.88. The van der Waals surface area contributed by atoms with Gasteiger partial charge in [-0.05, 0) is 37.5 Å². The molecule has 4 rings (SSSR count). The highest BCUT2D eigenvalue weighted by molar-refractivity contribution is 7.89. The van der Waals surface area contributed by atoms with E-state index in [2.05, 4.69) is 9.93 Å². The van der Waals surface area contributed by atoms with Crippen LogP contribution < -0.4 is 4.83 Å². The van der Waals surface area contributed by atoms with Crippen LogP contribution in [0.2, 0.25) is 0 Å². The summed E-state index contributed by atoms with van der Waals surface area (Å²) in [5.74, 6) is 0.724. The van der Waals surface area contributed by atoms with Crippen LogP contribution in [0.25, 0.3) is 0 Å². The maximum Gasteiger partial charge on any atom is 0.289 e. The summed E-state index contributed by atoms with van der Waals surface area (Å²) >= 11 is 0. The largest absolute Gasteiger partial charge is 0.455 e. The average Bonchev–Trinajstić information content (AvgIpc) is 3.15. The normalized spacial score (nSPS) is 14.8. The molecule has 7 nitrogen and oxygen atoms in total. The van der Waals surface area contributed by atoms with Crippen molar-refractivity contribution >= 4 is 21.6 Å². The zero-order chi connectivity index (χ0) is 22.7. The molecule has 166 valence electrons. The lowest BCUT2D eigenvalue weighted by Gasteiger charge is -2.16. The van der Waals surface area contributed by atoms with Crippen molar-refractivity contribution in [1.82, 2.24) is 9.73 Å². The van der Waals surface area contributed by atoms with E-state index >= 15 is 0 Å². The van der Waals surface area contributed by atoms with Crippen molar-refractivity contribution in [3.63, 3.8) is 0 Å². The average molecular weight is 452 g/mol. The van der Waals surface area contributed by atoms with Crippen molar-refractivity contribution in [3.8, 4) is 0 Å². The lowest BCUT2D eigenvalue weighted by atomic mass is 9.93. The maximum atomic E-state index is 13.1. The topological polar surface area (TPSA) is 92.0 Å². The van der Waals surface area contributed by atoms with Gasteiger partial charge < -0.3 is 9.32 Å². The minimum atomic E-state index is -3.78. The number of nitrogens with zero attached hydrogens (tertiary/aromatic N) is 2. The molecule has 1 aliphatic carbocycles. The molecule has 1 amide bonds. The fraction of sp³-hybridized carbons (Fsp3) is 0.250. The van der Waals surface area contributed by atoms with Crippen LogP contribution in [0.15, 0.2) is 75.1 Å². The van der Waals surface area contributed by atoms with E-state index < -0.39 is 10.0 Å². The monoisotopic (exact) mass is 451 g/mol. The first-order chi connectivity index (χ1) is 15.4. The number of rotatable bonds is 6. The van der Waals surface area contributed by atoms with Gasteiger partial charge >= 0.3 is 0 Å². The number of carbonyl (C=O) groups excluding carboxylic acids is 1. The minimum absolute atomic E-state index is 0.141. The summed E-state index contributed by atoms with van der Waals surface area (Å²) in [5.41, 5.74) is 3.01. The summed E-state index contributed by atoms with van der Waals surface area (Å²) in [6.45, 7) is 2.28. The smallest absolute Gasteiger partial charge is 0.289 e. The highest BCUT2D eigenvalue weighted by Crippen LogP contribution is 2.30. The summed E-state index contributed by atoms with van der Waals surface area (Å²) in [6.07, 6.45) is 2.04. The summed E-state index contributed by atoms with van der Waals surface area (Å²) < 4.78 is 31.0. The molecule has 0 spiro atoms. The van der Waals surface area contributed by atoms with Gasteiger partial charge in [0.15, 0.2) is 5.76 Å². The first-order valence-electron chi connectivity index (χ1n) is 10.4. The van der Waals surface area contributed by atoms with Crippen LogP contribution in [-0.2, 0) is 23.0 Å². The Morgan fingerprint density at radius 1 is 1.06 bits per heavy atom. The third-order valence-corrected chi connectivity index (χ3v) is 6.71. The molecule has 0 fully saturated rings. The first-order valence-corrected chi connectivity index (χ1v) is 11.9. The lowest BCUT2D eigenvalue weighted by molar-refractivity contribution is 0.0750. The second-order valence-electron chi connectivity index (χ2n) is 7.82. The van der Waals surface area contributed by atoms with Gasteiger partial charge in [0.25, 0.3) is 15.9 Å². The highest BCUT2D eigenvalue weighted by atomic mass is 32.2. The van der Waals surface area contributed by atoms with Gasteiger partial charge in [-0.25, -0.2) is 0 Å². The van der Waals surface area contributed by atoms with E-state index in [-0.39, 0.29) is 16.6 Å². The Labute approximate surface area is 187 Å². The Morgan fingerprint density at radius 2 is 1.72 bits per heavy atom. The molecule has 1 aromatic heterocycles. The number of nitrogens with one attached hydrogen (secondary N) is 1. The molecule has 0 radical (unpaired) electrons. The van der Waals surface area contributed by atoms with Gasteiger partial charge in [0.2, 0.25) is 0 Å². The van der Waals surface area contributed by atoms with Gasteiger partial charge in [-0.3, -0.25) is 4.79 Å². The fourth-order valence-corrected chi connectivity index (χ4v) is 4.71. The van der Waals surface area contributed by atoms with E-state index in [0.29, 0.717) is 36.4 Å². The number of furan rings is 1. The Kier molecular flexibility index (Phi) is 6.14. The third kappa shape index (κ3) is 4.45. The molecule has 0 aliphatic heterocycles. The molecule has 8 heteroatoms. The van der Waals surface area contributed by atoms with Gasteiger partial charge in [0.1, 0.15) is 5.76 Å². The van der Waals surface area contributed by atoms with Crippen LogP contribution in [-0.4, -0.2) is 32.0 Å². The second-order valence-corrected chi connectivity index (χ2v) is 9.48. The molecular weight excluding hydrogens is 426 g/mol. The highest BCUT2D eigenvalue weighted by Gasteiger charge is 2.29. The van der Waals surface area contributed by atoms with Gasteiger partial charge in [-0.1, -0.05) is 48.5 Å². The van der Waals surface area contributed by atoms with Crippen molar-refractivity contribution in [2.75, 3.05) is 7.05 Å². The number of benzene rings is 2. The van der Waals surface area contributed by atoms with Gasteiger partial charge in [-0.2, -0.15) is 18.4 Å². The molecular formula is C24H25N3O4S. The zero-order valence-corrected chi connectivity index (χ0v) is 18.9. The molecule has 0 atom stereocenters. The number of aryl methyl sites for hydroxylation is 1. The van der Waals surface area contributed by atoms with Crippen LogP contribution >= 0.6 is 0 Å². The Balaban J connectivity index is 1.59. The molecule has 1 N–H and O–H groups in total. The van der Waals surface area contributed by atoms with Gasteiger partial charge in [-0.15, -0.1) is 0 Å². The van der Waals surface area contributed by atoms with Crippen LogP contribution in [0.5, 0.6) is 0 Å². The number of amides is 1. The Bertz CT molecular complexity index is 1250. The van der Waals surface area contributed by atoms with E-state index in [1.807, 2.05) is 37.3 Å². The number of hydrazone groups is 1. The van der Waals surface area contributed by atoms with Crippen LogP contribution in [0.4, 0.5) is 0 Å². The number of hydrogen-bond donors (Lipinski definition) is 1. The van der Waals surface area contributed by atoms with E-state index in [0.717, 1.165) is 17.5 Å².